The number of hydrogen-bond acceptors (Lipinski definition) is 4. The van der Waals surface area contributed by atoms with Crippen LogP contribution in [-0.4, -0.2) is 32.5 Å². The molecular weight excluding hydrogens is 502 g/mol. The molecule has 5 nitrogen and oxygen atoms in total. The quantitative estimate of drug-likeness (QED) is 0.300. The summed E-state index contributed by atoms with van der Waals surface area (Å²) in [5.74, 6) is 0. The summed E-state index contributed by atoms with van der Waals surface area (Å²) in [5.41, 5.74) is -7.85. The Labute approximate surface area is 172 Å². The average Bonchev–Trinajstić information content (AvgIpc) is 2.56. The fourth-order valence-corrected chi connectivity index (χ4v) is 3.66. The Kier molecular flexibility index (Phi) is 7.53. The maximum absolute atomic E-state index is 13.1. The van der Waals surface area contributed by atoms with E-state index in [2.05, 4.69) is 0 Å². The van der Waals surface area contributed by atoms with Gasteiger partial charge in [-0.1, -0.05) is 6.07 Å². The molecule has 1 rings (SSSR count). The van der Waals surface area contributed by atoms with E-state index in [1.54, 1.807) is 0 Å². The molecule has 186 valence electrons. The van der Waals surface area contributed by atoms with Crippen LogP contribution in [0.25, 0.3) is 0 Å². The highest BCUT2D eigenvalue weighted by atomic mass is 32.2. The lowest BCUT2D eigenvalue weighted by atomic mass is 10.0. The van der Waals surface area contributed by atoms with Gasteiger partial charge in [0, 0.05) is 0 Å². The fourth-order valence-electron chi connectivity index (χ4n) is 2.28. The van der Waals surface area contributed by atoms with Crippen molar-refractivity contribution in [3.05, 3.63) is 29.3 Å². The molecule has 1 atom stereocenters. The summed E-state index contributed by atoms with van der Waals surface area (Å²) < 4.78 is 180. The Morgan fingerprint density at radius 3 is 1.47 bits per heavy atom. The van der Waals surface area contributed by atoms with E-state index in [1.165, 1.54) is 5.43 Å². The van der Waals surface area contributed by atoms with Crippen molar-refractivity contribution in [1.29, 1.82) is 0 Å². The van der Waals surface area contributed by atoms with Crippen LogP contribution in [0.5, 0.6) is 0 Å². The molecule has 0 spiro atoms. The van der Waals surface area contributed by atoms with Crippen LogP contribution < -0.4 is 15.6 Å². The second kappa shape index (κ2) is 8.53. The molecule has 3 N–H and O–H groups in total. The molecule has 0 saturated carbocycles. The topological polar surface area (TPSA) is 70.2 Å². The van der Waals surface area contributed by atoms with Gasteiger partial charge in [0.2, 0.25) is 5.54 Å². The van der Waals surface area contributed by atoms with Crippen molar-refractivity contribution in [3.63, 3.8) is 0 Å². The van der Waals surface area contributed by atoms with Crippen LogP contribution in [0.3, 0.4) is 0 Å². The Morgan fingerprint density at radius 2 is 1.16 bits per heavy atom. The van der Waals surface area contributed by atoms with E-state index in [1.807, 2.05) is 0 Å². The third kappa shape index (κ3) is 5.96. The van der Waals surface area contributed by atoms with Crippen LogP contribution in [0.2, 0.25) is 0 Å². The number of alkyl halides is 12. The summed E-state index contributed by atoms with van der Waals surface area (Å²) in [5, 5.41) is 0.955. The Balaban J connectivity index is 3.34. The van der Waals surface area contributed by atoms with Crippen molar-refractivity contribution in [3.8, 4) is 0 Å². The van der Waals surface area contributed by atoms with Gasteiger partial charge >= 0.3 is 24.7 Å². The minimum absolute atomic E-state index is 0.00411. The summed E-state index contributed by atoms with van der Waals surface area (Å²) in [6.07, 6.45) is -25.4. The van der Waals surface area contributed by atoms with Gasteiger partial charge in [0.1, 0.15) is 4.90 Å². The number of benzene rings is 1. The van der Waals surface area contributed by atoms with Gasteiger partial charge in [-0.3, -0.25) is 5.32 Å². The lowest BCUT2D eigenvalue weighted by molar-refractivity contribution is -0.304. The predicted octanol–water partition coefficient (Wildman–Crippen LogP) is 4.33. The van der Waals surface area contributed by atoms with E-state index in [9.17, 15) is 61.1 Å². The van der Waals surface area contributed by atoms with Gasteiger partial charge in [-0.05, 0) is 26.0 Å². The van der Waals surface area contributed by atoms with Gasteiger partial charge in [-0.15, -0.1) is 4.83 Å². The van der Waals surface area contributed by atoms with Crippen LogP contribution in [0, 0.1) is 0 Å². The first-order valence-corrected chi connectivity index (χ1v) is 9.39. The summed E-state index contributed by atoms with van der Waals surface area (Å²) in [7, 11) is -5.81. The molecule has 18 heteroatoms. The van der Waals surface area contributed by atoms with Crippen molar-refractivity contribution in [2.75, 3.05) is 0 Å². The van der Waals surface area contributed by atoms with Crippen LogP contribution in [0.4, 0.5) is 52.7 Å². The normalized spacial score (nSPS) is 15.7. The number of hydrogen-bond donors (Lipinski definition) is 3. The van der Waals surface area contributed by atoms with Gasteiger partial charge in [-0.2, -0.15) is 52.7 Å². The van der Waals surface area contributed by atoms with Gasteiger partial charge < -0.3 is 0 Å². The summed E-state index contributed by atoms with van der Waals surface area (Å²) in [6, 6.07) is 0.256. The van der Waals surface area contributed by atoms with Crippen molar-refractivity contribution in [2.45, 2.75) is 55.2 Å². The van der Waals surface area contributed by atoms with Crippen molar-refractivity contribution in [1.82, 2.24) is 15.6 Å². The lowest BCUT2D eigenvalue weighted by Crippen LogP contribution is -2.69. The number of halogens is 12. The number of rotatable bonds is 6. The maximum Gasteiger partial charge on any atom is 0.417 e. The maximum atomic E-state index is 13.1. The number of nitrogens with one attached hydrogen (secondary N) is 3. The van der Waals surface area contributed by atoms with Gasteiger partial charge in [-0.25, -0.2) is 13.8 Å². The molecule has 0 bridgehead atoms. The van der Waals surface area contributed by atoms with E-state index in [4.69, 9.17) is 0 Å². The van der Waals surface area contributed by atoms with Crippen molar-refractivity contribution >= 4 is 10.0 Å². The highest BCUT2D eigenvalue weighted by Gasteiger charge is 2.68. The van der Waals surface area contributed by atoms with Crippen molar-refractivity contribution < 1.29 is 61.1 Å². The minimum atomic E-state index is -5.97. The van der Waals surface area contributed by atoms with E-state index >= 15 is 0 Å². The Hall–Kier alpha value is -1.79. The van der Waals surface area contributed by atoms with E-state index in [0.717, 1.165) is 10.1 Å². The van der Waals surface area contributed by atoms with E-state index in [-0.39, 0.29) is 25.1 Å². The van der Waals surface area contributed by atoms with Crippen LogP contribution in [0.1, 0.15) is 25.0 Å². The first-order valence-electron chi connectivity index (χ1n) is 7.91. The Bertz CT molecular complexity index is 873. The molecule has 0 saturated heterocycles. The third-order valence-corrected chi connectivity index (χ3v) is 5.31. The molecule has 32 heavy (non-hydrogen) atoms. The van der Waals surface area contributed by atoms with Crippen LogP contribution >= 0.6 is 0 Å². The zero-order valence-electron chi connectivity index (χ0n) is 15.6. The fraction of sp³-hybridized carbons (Fsp3) is 0.571. The molecule has 1 aromatic rings. The molecule has 0 aliphatic rings. The monoisotopic (exact) mass is 515 g/mol. The van der Waals surface area contributed by atoms with E-state index < -0.39 is 62.5 Å². The first-order chi connectivity index (χ1) is 14.0. The SMILES string of the molecule is CC(NNS(=O)(=O)c1c(C(F)(F)F)cccc1C(F)(F)F)NC(C)(C(F)(F)F)C(F)(F)F. The summed E-state index contributed by atoms with van der Waals surface area (Å²) in [4.78, 5) is -1.37. The molecule has 0 aliphatic carbocycles. The first kappa shape index (κ1) is 28.2. The number of sulfonamides is 1. The van der Waals surface area contributed by atoms with Gasteiger partial charge in [0.25, 0.3) is 10.0 Å². The zero-order chi connectivity index (χ0) is 25.6. The average molecular weight is 515 g/mol. The predicted molar refractivity (Wildman–Crippen MR) is 83.0 cm³/mol. The lowest BCUT2D eigenvalue weighted by Gasteiger charge is -2.37. The molecule has 0 aromatic heterocycles. The second-order valence-electron chi connectivity index (χ2n) is 6.41. The van der Waals surface area contributed by atoms with Gasteiger partial charge in [0.05, 0.1) is 17.3 Å². The molecule has 0 aliphatic heterocycles. The summed E-state index contributed by atoms with van der Waals surface area (Å²) in [6.45, 7) is 0.152. The minimum Gasteiger partial charge on any atom is -0.280 e. The van der Waals surface area contributed by atoms with E-state index in [0.29, 0.717) is 6.92 Å². The molecule has 1 unspecified atom stereocenters. The third-order valence-electron chi connectivity index (χ3n) is 3.94. The summed E-state index contributed by atoms with van der Waals surface area (Å²) >= 11 is 0. The number of hydrazine groups is 1. The smallest absolute Gasteiger partial charge is 0.280 e. The highest BCUT2D eigenvalue weighted by molar-refractivity contribution is 7.89. The van der Waals surface area contributed by atoms with Crippen molar-refractivity contribution in [2.24, 2.45) is 0 Å². The van der Waals surface area contributed by atoms with Crippen LogP contribution in [-0.2, 0) is 22.4 Å². The molecule has 0 radical (unpaired) electrons. The second-order valence-corrected chi connectivity index (χ2v) is 8.03. The molecule has 1 aromatic carbocycles. The molecular formula is C14H13F12N3O2S. The molecule has 0 heterocycles. The van der Waals surface area contributed by atoms with Gasteiger partial charge in [0.15, 0.2) is 0 Å². The Morgan fingerprint density at radius 1 is 0.781 bits per heavy atom. The zero-order valence-corrected chi connectivity index (χ0v) is 16.4. The highest BCUT2D eigenvalue weighted by Crippen LogP contribution is 2.43. The molecule has 0 amide bonds. The largest absolute Gasteiger partial charge is 0.417 e. The van der Waals surface area contributed by atoms with Crippen LogP contribution in [0.15, 0.2) is 23.1 Å². The standard InChI is InChI=1S/C14H13F12N3O2S/c1-6(27-10(2,13(21,22)23)14(24,25)26)28-29-32(30,31)9-7(11(15,16)17)4-3-5-8(9)12(18,19)20/h3-6,27-29H,1-2H3. The molecule has 0 fully saturated rings.